The monoisotopic (exact) mass is 378 g/mol. The maximum absolute atomic E-state index is 12.5. The van der Waals surface area contributed by atoms with Crippen LogP contribution in [0.1, 0.15) is 29.8 Å². The van der Waals surface area contributed by atoms with E-state index in [-0.39, 0.29) is 18.5 Å². The Morgan fingerprint density at radius 1 is 1.14 bits per heavy atom. The number of para-hydroxylation sites is 1. The molecule has 0 aliphatic heterocycles. The van der Waals surface area contributed by atoms with Crippen LogP contribution in [0.4, 0.5) is 5.82 Å². The maximum atomic E-state index is 12.5. The summed E-state index contributed by atoms with van der Waals surface area (Å²) < 4.78 is 7.14. The van der Waals surface area contributed by atoms with Gasteiger partial charge < -0.3 is 15.4 Å². The van der Waals surface area contributed by atoms with Crippen LogP contribution in [-0.4, -0.2) is 29.3 Å². The Morgan fingerprint density at radius 2 is 1.86 bits per heavy atom. The first kappa shape index (κ1) is 19.6. The van der Waals surface area contributed by atoms with E-state index in [1.807, 2.05) is 75.4 Å². The normalized spacial score (nSPS) is 11.9. The van der Waals surface area contributed by atoms with Crippen molar-refractivity contribution in [3.8, 4) is 11.4 Å². The Hall–Kier alpha value is -3.12. The number of rotatable bonds is 7. The number of methoxy groups -OCH3 is 1. The number of ether oxygens (including phenoxy) is 1. The number of aryl methyl sites for hydroxylation is 2. The van der Waals surface area contributed by atoms with Crippen molar-refractivity contribution in [2.75, 3.05) is 19.0 Å². The van der Waals surface area contributed by atoms with E-state index in [9.17, 15) is 4.79 Å². The fourth-order valence-corrected chi connectivity index (χ4v) is 3.04. The minimum atomic E-state index is -0.130. The van der Waals surface area contributed by atoms with Gasteiger partial charge in [-0.3, -0.25) is 4.79 Å². The first-order valence-electron chi connectivity index (χ1n) is 9.28. The molecule has 2 N–H and O–H groups in total. The van der Waals surface area contributed by atoms with Crippen molar-refractivity contribution >= 4 is 11.7 Å². The zero-order valence-corrected chi connectivity index (χ0v) is 16.7. The molecular formula is C22H26N4O2. The molecule has 0 saturated carbocycles. The zero-order chi connectivity index (χ0) is 20.1. The van der Waals surface area contributed by atoms with Crippen molar-refractivity contribution < 1.29 is 9.53 Å². The quantitative estimate of drug-likeness (QED) is 0.656. The molecule has 0 aliphatic rings. The summed E-state index contributed by atoms with van der Waals surface area (Å²) in [5, 5.41) is 10.7. The van der Waals surface area contributed by atoms with Crippen molar-refractivity contribution in [1.29, 1.82) is 0 Å². The largest absolute Gasteiger partial charge is 0.496 e. The summed E-state index contributed by atoms with van der Waals surface area (Å²) in [7, 11) is 1.65. The molecule has 0 unspecified atom stereocenters. The van der Waals surface area contributed by atoms with E-state index in [1.165, 1.54) is 5.56 Å². The SMILES string of the molecule is COc1ccccc1[C@H](C)NCC(=O)Nc1cc(C)nn1-c1ccc(C)cc1. The molecule has 0 spiro atoms. The van der Waals surface area contributed by atoms with E-state index in [0.29, 0.717) is 5.82 Å². The summed E-state index contributed by atoms with van der Waals surface area (Å²) in [6, 6.07) is 17.6. The Balaban J connectivity index is 1.66. The maximum Gasteiger partial charge on any atom is 0.239 e. The van der Waals surface area contributed by atoms with Crippen LogP contribution in [0.3, 0.4) is 0 Å². The van der Waals surface area contributed by atoms with E-state index in [4.69, 9.17) is 4.74 Å². The summed E-state index contributed by atoms with van der Waals surface area (Å²) in [5.74, 6) is 1.32. The van der Waals surface area contributed by atoms with Crippen molar-refractivity contribution in [3.63, 3.8) is 0 Å². The van der Waals surface area contributed by atoms with E-state index in [2.05, 4.69) is 15.7 Å². The summed E-state index contributed by atoms with van der Waals surface area (Å²) in [5.41, 5.74) is 3.93. The molecule has 1 aromatic heterocycles. The number of benzene rings is 2. The second-order valence-corrected chi connectivity index (χ2v) is 6.81. The highest BCUT2D eigenvalue weighted by Gasteiger charge is 2.14. The Labute approximate surface area is 165 Å². The number of carbonyl (C=O) groups excluding carboxylic acids is 1. The lowest BCUT2D eigenvalue weighted by molar-refractivity contribution is -0.115. The van der Waals surface area contributed by atoms with Gasteiger partial charge in [0.2, 0.25) is 5.91 Å². The number of anilines is 1. The average molecular weight is 378 g/mol. The number of carbonyl (C=O) groups is 1. The lowest BCUT2D eigenvalue weighted by atomic mass is 10.1. The summed E-state index contributed by atoms with van der Waals surface area (Å²) in [6.07, 6.45) is 0. The van der Waals surface area contributed by atoms with Crippen molar-refractivity contribution in [1.82, 2.24) is 15.1 Å². The molecule has 1 amide bonds. The Morgan fingerprint density at radius 3 is 2.57 bits per heavy atom. The molecule has 146 valence electrons. The third kappa shape index (κ3) is 4.58. The highest BCUT2D eigenvalue weighted by Crippen LogP contribution is 2.24. The smallest absolute Gasteiger partial charge is 0.239 e. The fourth-order valence-electron chi connectivity index (χ4n) is 3.04. The van der Waals surface area contributed by atoms with Gasteiger partial charge in [0.25, 0.3) is 0 Å². The molecule has 1 atom stereocenters. The molecule has 0 aliphatic carbocycles. The van der Waals surface area contributed by atoms with Gasteiger partial charge in [-0.1, -0.05) is 35.9 Å². The van der Waals surface area contributed by atoms with Gasteiger partial charge in [-0.25, -0.2) is 4.68 Å². The molecule has 1 heterocycles. The van der Waals surface area contributed by atoms with E-state index < -0.39 is 0 Å². The second kappa shape index (κ2) is 8.71. The molecular weight excluding hydrogens is 352 g/mol. The highest BCUT2D eigenvalue weighted by atomic mass is 16.5. The first-order chi connectivity index (χ1) is 13.5. The first-order valence-corrected chi connectivity index (χ1v) is 9.28. The molecule has 0 fully saturated rings. The predicted octanol–water partition coefficient (Wildman–Crippen LogP) is 3.79. The molecule has 2 aromatic carbocycles. The molecule has 3 aromatic rings. The van der Waals surface area contributed by atoms with Gasteiger partial charge >= 0.3 is 0 Å². The number of hydrogen-bond acceptors (Lipinski definition) is 4. The minimum Gasteiger partial charge on any atom is -0.496 e. The summed E-state index contributed by atoms with van der Waals surface area (Å²) in [4.78, 5) is 12.5. The molecule has 28 heavy (non-hydrogen) atoms. The second-order valence-electron chi connectivity index (χ2n) is 6.81. The van der Waals surface area contributed by atoms with Crippen LogP contribution in [0.15, 0.2) is 54.6 Å². The van der Waals surface area contributed by atoms with Gasteiger partial charge in [-0.05, 0) is 39.0 Å². The number of amides is 1. The van der Waals surface area contributed by atoms with Gasteiger partial charge in [0.1, 0.15) is 11.6 Å². The number of nitrogens with zero attached hydrogens (tertiary/aromatic N) is 2. The molecule has 6 heteroatoms. The molecule has 3 rings (SSSR count). The lowest BCUT2D eigenvalue weighted by Gasteiger charge is -2.17. The standard InChI is InChI=1S/C22H26N4O2/c1-15-9-11-18(12-10-15)26-21(13-16(2)25-26)24-22(27)14-23-17(3)19-7-5-6-8-20(19)28-4/h5-13,17,23H,14H2,1-4H3,(H,24,27)/t17-/m0/s1. The van der Waals surface area contributed by atoms with Gasteiger partial charge in [-0.15, -0.1) is 0 Å². The van der Waals surface area contributed by atoms with Crippen molar-refractivity contribution in [2.24, 2.45) is 0 Å². The Bertz CT molecular complexity index is 947. The van der Waals surface area contributed by atoms with Crippen molar-refractivity contribution in [3.05, 3.63) is 71.4 Å². The summed E-state index contributed by atoms with van der Waals surface area (Å²) >= 11 is 0. The van der Waals surface area contributed by atoms with E-state index >= 15 is 0 Å². The molecule has 0 radical (unpaired) electrons. The average Bonchev–Trinajstić information content (AvgIpc) is 3.06. The van der Waals surface area contributed by atoms with Gasteiger partial charge in [-0.2, -0.15) is 5.10 Å². The van der Waals surface area contributed by atoms with Gasteiger partial charge in [0, 0.05) is 17.7 Å². The van der Waals surface area contributed by atoms with Gasteiger partial charge in [0.15, 0.2) is 0 Å². The van der Waals surface area contributed by atoms with Crippen molar-refractivity contribution in [2.45, 2.75) is 26.8 Å². The van der Waals surface area contributed by atoms with Crippen LogP contribution in [0.5, 0.6) is 5.75 Å². The number of nitrogens with one attached hydrogen (secondary N) is 2. The molecule has 0 saturated heterocycles. The number of aromatic nitrogens is 2. The van der Waals surface area contributed by atoms with Crippen LogP contribution >= 0.6 is 0 Å². The topological polar surface area (TPSA) is 68.2 Å². The van der Waals surface area contributed by atoms with Crippen LogP contribution in [-0.2, 0) is 4.79 Å². The van der Waals surface area contributed by atoms with Crippen LogP contribution in [0.2, 0.25) is 0 Å². The van der Waals surface area contributed by atoms with Crippen LogP contribution in [0, 0.1) is 13.8 Å². The molecule has 6 nitrogen and oxygen atoms in total. The predicted molar refractivity (Wildman–Crippen MR) is 111 cm³/mol. The van der Waals surface area contributed by atoms with E-state index in [1.54, 1.807) is 11.8 Å². The zero-order valence-electron chi connectivity index (χ0n) is 16.7. The Kier molecular flexibility index (Phi) is 6.11. The lowest BCUT2D eigenvalue weighted by Crippen LogP contribution is -2.30. The van der Waals surface area contributed by atoms with E-state index in [0.717, 1.165) is 22.7 Å². The minimum absolute atomic E-state index is 0.0226. The molecule has 0 bridgehead atoms. The van der Waals surface area contributed by atoms with Crippen LogP contribution in [0.25, 0.3) is 5.69 Å². The summed E-state index contributed by atoms with van der Waals surface area (Å²) in [6.45, 7) is 6.13. The number of hydrogen-bond donors (Lipinski definition) is 2. The van der Waals surface area contributed by atoms with Gasteiger partial charge in [0.05, 0.1) is 25.0 Å². The third-order valence-corrected chi connectivity index (χ3v) is 4.55. The fraction of sp³-hybridized carbons (Fsp3) is 0.273. The third-order valence-electron chi connectivity index (χ3n) is 4.55. The highest BCUT2D eigenvalue weighted by molar-refractivity contribution is 5.91. The van der Waals surface area contributed by atoms with Crippen LogP contribution < -0.4 is 15.4 Å².